The molecular formula is C17H25NSi. The average molecular weight is 271 g/mol. The largest absolute Gasteiger partial charge is 0.283 e. The van der Waals surface area contributed by atoms with Gasteiger partial charge in [-0.25, -0.2) is 0 Å². The molecule has 0 aromatic heterocycles. The summed E-state index contributed by atoms with van der Waals surface area (Å²) in [5, 5.41) is 0.246. The van der Waals surface area contributed by atoms with Gasteiger partial charge in [0.05, 0.1) is 0 Å². The summed E-state index contributed by atoms with van der Waals surface area (Å²) in [6.07, 6.45) is 2.72. The molecule has 0 saturated heterocycles. The first-order chi connectivity index (χ1) is 8.78. The third-order valence-electron chi connectivity index (χ3n) is 3.78. The summed E-state index contributed by atoms with van der Waals surface area (Å²) >= 11 is 0. The van der Waals surface area contributed by atoms with Crippen molar-refractivity contribution in [2.24, 2.45) is 4.66 Å². The Morgan fingerprint density at radius 3 is 2.32 bits per heavy atom. The van der Waals surface area contributed by atoms with E-state index in [0.717, 1.165) is 12.0 Å². The van der Waals surface area contributed by atoms with Crippen LogP contribution >= 0.6 is 0 Å². The van der Waals surface area contributed by atoms with Crippen molar-refractivity contribution >= 4 is 19.7 Å². The van der Waals surface area contributed by atoms with Crippen LogP contribution in [0.5, 0.6) is 0 Å². The van der Waals surface area contributed by atoms with Crippen molar-refractivity contribution in [2.45, 2.75) is 45.3 Å². The monoisotopic (exact) mass is 271 g/mol. The molecule has 0 bridgehead atoms. The fraction of sp³-hybridized carbons (Fsp3) is 0.412. The van der Waals surface area contributed by atoms with Crippen LogP contribution < -0.4 is 0 Å². The highest BCUT2D eigenvalue weighted by Crippen LogP contribution is 2.36. The van der Waals surface area contributed by atoms with Gasteiger partial charge >= 0.3 is 0 Å². The highest BCUT2D eigenvalue weighted by atomic mass is 28.3. The second-order valence-corrected chi connectivity index (χ2v) is 11.2. The predicted molar refractivity (Wildman–Crippen MR) is 89.3 cm³/mol. The van der Waals surface area contributed by atoms with Crippen molar-refractivity contribution in [2.75, 3.05) is 0 Å². The van der Waals surface area contributed by atoms with Gasteiger partial charge in [0.25, 0.3) is 0 Å². The lowest BCUT2D eigenvalue weighted by atomic mass is 10.0. The van der Waals surface area contributed by atoms with Gasteiger partial charge in [0, 0.05) is 5.57 Å². The van der Waals surface area contributed by atoms with Crippen LogP contribution in [0.25, 0.3) is 5.57 Å². The standard InChI is InChI=1S/C17H25NSi/c1-7-11-16(15-12-9-8-10-13-15)14-18-19(5,6)17(2,3)4/h7-10,12-13H,1,11H2,2-6H3. The molecule has 1 aromatic rings. The van der Waals surface area contributed by atoms with Crippen LogP contribution in [0.3, 0.4) is 0 Å². The second kappa shape index (κ2) is 6.18. The van der Waals surface area contributed by atoms with Gasteiger partial charge in [-0.3, -0.25) is 4.66 Å². The smallest absolute Gasteiger partial charge is 0.193 e. The SMILES string of the molecule is C=CCC(=C=N[Si](C)(C)C(C)(C)C)c1ccccc1. The fourth-order valence-corrected chi connectivity index (χ4v) is 2.14. The first-order valence-electron chi connectivity index (χ1n) is 6.78. The summed E-state index contributed by atoms with van der Waals surface area (Å²) in [6, 6.07) is 10.3. The number of nitrogens with zero attached hydrogens (tertiary/aromatic N) is 1. The van der Waals surface area contributed by atoms with Crippen LogP contribution in [-0.4, -0.2) is 14.1 Å². The summed E-state index contributed by atoms with van der Waals surface area (Å²) in [4.78, 5) is 0. The van der Waals surface area contributed by atoms with Gasteiger partial charge in [-0.15, -0.1) is 6.58 Å². The highest BCUT2D eigenvalue weighted by Gasteiger charge is 2.35. The molecule has 0 fully saturated rings. The van der Waals surface area contributed by atoms with Crippen LogP contribution in [-0.2, 0) is 0 Å². The molecule has 102 valence electrons. The molecule has 0 saturated carbocycles. The molecule has 2 heteroatoms. The number of hydrogen-bond donors (Lipinski definition) is 0. The predicted octanol–water partition coefficient (Wildman–Crippen LogP) is 5.32. The molecule has 0 aliphatic carbocycles. The van der Waals surface area contributed by atoms with Crippen LogP contribution in [0, 0.1) is 0 Å². The van der Waals surface area contributed by atoms with E-state index in [1.165, 1.54) is 5.56 Å². The third kappa shape index (κ3) is 4.34. The molecule has 0 N–H and O–H groups in total. The molecule has 1 rings (SSSR count). The Morgan fingerprint density at radius 2 is 1.84 bits per heavy atom. The van der Waals surface area contributed by atoms with Gasteiger partial charge in [-0.05, 0) is 36.0 Å². The quantitative estimate of drug-likeness (QED) is 0.399. The van der Waals surface area contributed by atoms with E-state index in [-0.39, 0.29) is 5.04 Å². The lowest BCUT2D eigenvalue weighted by molar-refractivity contribution is 0.719. The Labute approximate surface area is 118 Å². The summed E-state index contributed by atoms with van der Waals surface area (Å²) in [7, 11) is -1.67. The second-order valence-electron chi connectivity index (χ2n) is 6.37. The van der Waals surface area contributed by atoms with E-state index in [1.54, 1.807) is 0 Å². The van der Waals surface area contributed by atoms with Gasteiger partial charge in [-0.2, -0.15) is 0 Å². The molecule has 0 aliphatic heterocycles. The van der Waals surface area contributed by atoms with Crippen LogP contribution in [0.15, 0.2) is 47.6 Å². The molecular weight excluding hydrogens is 246 g/mol. The van der Waals surface area contributed by atoms with Gasteiger partial charge in [0.2, 0.25) is 0 Å². The minimum atomic E-state index is -1.67. The van der Waals surface area contributed by atoms with Crippen molar-refractivity contribution in [3.8, 4) is 0 Å². The van der Waals surface area contributed by atoms with Crippen molar-refractivity contribution in [1.82, 2.24) is 0 Å². The summed E-state index contributed by atoms with van der Waals surface area (Å²) < 4.78 is 4.83. The van der Waals surface area contributed by atoms with Crippen LogP contribution in [0.1, 0.15) is 32.8 Å². The Morgan fingerprint density at radius 1 is 1.26 bits per heavy atom. The van der Waals surface area contributed by atoms with E-state index in [1.807, 2.05) is 24.3 Å². The molecule has 0 atom stereocenters. The number of hydrogen-bond acceptors (Lipinski definition) is 1. The average Bonchev–Trinajstić information content (AvgIpc) is 2.34. The van der Waals surface area contributed by atoms with Gasteiger partial charge < -0.3 is 0 Å². The maximum atomic E-state index is 4.83. The zero-order valence-corrected chi connectivity index (χ0v) is 13.8. The van der Waals surface area contributed by atoms with Crippen LogP contribution in [0.2, 0.25) is 18.1 Å². The lowest BCUT2D eigenvalue weighted by Crippen LogP contribution is -2.34. The first kappa shape index (κ1) is 15.7. The third-order valence-corrected chi connectivity index (χ3v) is 8.12. The summed E-state index contributed by atoms with van der Waals surface area (Å²) in [6.45, 7) is 15.2. The number of benzene rings is 1. The fourth-order valence-electron chi connectivity index (χ4n) is 1.39. The Kier molecular flexibility index (Phi) is 5.10. The first-order valence-corrected chi connectivity index (χ1v) is 9.73. The molecule has 0 amide bonds. The molecule has 0 aliphatic rings. The van der Waals surface area contributed by atoms with Crippen LogP contribution in [0.4, 0.5) is 0 Å². The Bertz CT molecular complexity index is 486. The summed E-state index contributed by atoms with van der Waals surface area (Å²) in [5.74, 6) is 3.32. The summed E-state index contributed by atoms with van der Waals surface area (Å²) in [5.41, 5.74) is 2.31. The molecule has 0 radical (unpaired) electrons. The van der Waals surface area contributed by atoms with E-state index >= 15 is 0 Å². The minimum Gasteiger partial charge on any atom is -0.283 e. The van der Waals surface area contributed by atoms with Gasteiger partial charge in [0.15, 0.2) is 8.24 Å². The van der Waals surface area contributed by atoms with E-state index in [4.69, 9.17) is 4.66 Å². The van der Waals surface area contributed by atoms with Gasteiger partial charge in [-0.1, -0.05) is 57.2 Å². The molecule has 0 heterocycles. The molecule has 1 aromatic carbocycles. The van der Waals surface area contributed by atoms with E-state index in [2.05, 4.69) is 58.4 Å². The lowest BCUT2D eigenvalue weighted by Gasteiger charge is -2.31. The normalized spacial score (nSPS) is 11.6. The van der Waals surface area contributed by atoms with E-state index < -0.39 is 8.24 Å². The zero-order valence-electron chi connectivity index (χ0n) is 12.8. The number of rotatable bonds is 4. The number of allylic oxidation sites excluding steroid dienone is 2. The van der Waals surface area contributed by atoms with Crippen molar-refractivity contribution in [3.63, 3.8) is 0 Å². The van der Waals surface area contributed by atoms with Gasteiger partial charge in [0.1, 0.15) is 0 Å². The Hall–Kier alpha value is -1.37. The van der Waals surface area contributed by atoms with Crippen molar-refractivity contribution in [1.29, 1.82) is 0 Å². The molecule has 0 unspecified atom stereocenters. The van der Waals surface area contributed by atoms with Crippen molar-refractivity contribution < 1.29 is 0 Å². The topological polar surface area (TPSA) is 12.4 Å². The molecule has 19 heavy (non-hydrogen) atoms. The minimum absolute atomic E-state index is 0.246. The molecule has 0 spiro atoms. The Balaban J connectivity index is 3.20. The van der Waals surface area contributed by atoms with E-state index in [9.17, 15) is 0 Å². The maximum absolute atomic E-state index is 4.83. The van der Waals surface area contributed by atoms with E-state index in [0.29, 0.717) is 0 Å². The zero-order chi connectivity index (χ0) is 14.5. The maximum Gasteiger partial charge on any atom is 0.193 e. The molecule has 1 nitrogen and oxygen atoms in total. The van der Waals surface area contributed by atoms with Crippen molar-refractivity contribution in [3.05, 3.63) is 48.6 Å². The highest BCUT2D eigenvalue weighted by molar-refractivity contribution is 6.79.